The molecule has 0 fully saturated rings. The number of nitrogens with two attached hydrogens (primary N) is 1. The third kappa shape index (κ3) is 3.20. The lowest BCUT2D eigenvalue weighted by Crippen LogP contribution is -2.10. The summed E-state index contributed by atoms with van der Waals surface area (Å²) < 4.78 is 5.83. The van der Waals surface area contributed by atoms with Crippen molar-refractivity contribution in [1.82, 2.24) is 0 Å². The Bertz CT molecular complexity index is 656. The molecule has 2 aromatic carbocycles. The number of nitro groups is 1. The Labute approximate surface area is 123 Å². The largest absolute Gasteiger partial charge is 0.449 e. The Morgan fingerprint density at radius 1 is 1.24 bits per heavy atom. The number of benzene rings is 2. The molecule has 0 spiro atoms. The van der Waals surface area contributed by atoms with Crippen LogP contribution in [0.2, 0.25) is 0 Å². The number of nitro benzene ring substituents is 1. The number of ether oxygens (including phenoxy) is 1. The van der Waals surface area contributed by atoms with Crippen LogP contribution in [-0.2, 0) is 0 Å². The van der Waals surface area contributed by atoms with E-state index in [4.69, 9.17) is 10.5 Å². The first-order valence-corrected chi connectivity index (χ1v) is 6.81. The number of hydrogen-bond donors (Lipinski definition) is 1. The minimum absolute atomic E-state index is 0.0464. The van der Waals surface area contributed by atoms with Gasteiger partial charge in [0.15, 0.2) is 0 Å². The maximum atomic E-state index is 11.1. The zero-order valence-corrected chi connectivity index (χ0v) is 12.1. The number of rotatable bonds is 5. The lowest BCUT2D eigenvalue weighted by Gasteiger charge is -2.16. The highest BCUT2D eigenvalue weighted by molar-refractivity contribution is 5.54. The van der Waals surface area contributed by atoms with Gasteiger partial charge in [0.25, 0.3) is 0 Å². The van der Waals surface area contributed by atoms with Gasteiger partial charge >= 0.3 is 5.69 Å². The first kappa shape index (κ1) is 15.0. The Kier molecular flexibility index (Phi) is 4.55. The van der Waals surface area contributed by atoms with Crippen molar-refractivity contribution in [3.8, 4) is 11.5 Å². The van der Waals surface area contributed by atoms with Crippen molar-refractivity contribution in [3.05, 3.63) is 63.7 Å². The van der Waals surface area contributed by atoms with E-state index in [1.54, 1.807) is 25.1 Å². The maximum Gasteiger partial charge on any atom is 0.311 e. The molecule has 1 atom stereocenters. The molecule has 5 heteroatoms. The second-order valence-electron chi connectivity index (χ2n) is 4.83. The molecule has 0 aliphatic rings. The smallest absolute Gasteiger partial charge is 0.311 e. The monoisotopic (exact) mass is 286 g/mol. The Hall–Kier alpha value is -2.40. The molecule has 21 heavy (non-hydrogen) atoms. The third-order valence-electron chi connectivity index (χ3n) is 3.36. The van der Waals surface area contributed by atoms with Gasteiger partial charge < -0.3 is 10.5 Å². The van der Waals surface area contributed by atoms with Gasteiger partial charge in [0.1, 0.15) is 5.75 Å². The molecule has 2 aromatic rings. The molecule has 0 aliphatic carbocycles. The van der Waals surface area contributed by atoms with E-state index in [2.05, 4.69) is 0 Å². The summed E-state index contributed by atoms with van der Waals surface area (Å²) in [5.74, 6) is 0.822. The summed E-state index contributed by atoms with van der Waals surface area (Å²) in [5, 5.41) is 11.1. The van der Waals surface area contributed by atoms with Gasteiger partial charge in [-0.15, -0.1) is 0 Å². The zero-order chi connectivity index (χ0) is 15.4. The first-order chi connectivity index (χ1) is 10.0. The van der Waals surface area contributed by atoms with E-state index >= 15 is 0 Å². The van der Waals surface area contributed by atoms with Crippen molar-refractivity contribution in [1.29, 1.82) is 0 Å². The zero-order valence-electron chi connectivity index (χ0n) is 12.1. The Morgan fingerprint density at radius 3 is 2.62 bits per heavy atom. The van der Waals surface area contributed by atoms with Crippen LogP contribution in [0.15, 0.2) is 42.5 Å². The summed E-state index contributed by atoms with van der Waals surface area (Å²) in [4.78, 5) is 10.7. The molecule has 2 rings (SSSR count). The van der Waals surface area contributed by atoms with Crippen molar-refractivity contribution in [2.24, 2.45) is 5.73 Å². The maximum absolute atomic E-state index is 11.1. The summed E-state index contributed by atoms with van der Waals surface area (Å²) in [6, 6.07) is 12.1. The number of hydrogen-bond acceptors (Lipinski definition) is 4. The van der Waals surface area contributed by atoms with Crippen molar-refractivity contribution >= 4 is 5.69 Å². The van der Waals surface area contributed by atoms with Gasteiger partial charge in [-0.1, -0.05) is 37.3 Å². The lowest BCUT2D eigenvalue weighted by atomic mass is 10.0. The van der Waals surface area contributed by atoms with Gasteiger partial charge in [0.2, 0.25) is 5.75 Å². The van der Waals surface area contributed by atoms with Crippen LogP contribution in [0.25, 0.3) is 0 Å². The summed E-state index contributed by atoms with van der Waals surface area (Å²) in [6.07, 6.45) is 0.760. The highest BCUT2D eigenvalue weighted by Gasteiger charge is 2.19. The SMILES string of the molecule is CCC(N)c1ccccc1Oc1c(C)cccc1[N+](=O)[O-]. The second kappa shape index (κ2) is 6.37. The molecule has 2 N–H and O–H groups in total. The molecule has 0 saturated heterocycles. The molecule has 0 aliphatic heterocycles. The topological polar surface area (TPSA) is 78.4 Å². The molecule has 0 bridgehead atoms. The van der Waals surface area contributed by atoms with Gasteiger partial charge in [-0.3, -0.25) is 10.1 Å². The fourth-order valence-electron chi connectivity index (χ4n) is 2.12. The molecule has 0 radical (unpaired) electrons. The average molecular weight is 286 g/mol. The first-order valence-electron chi connectivity index (χ1n) is 6.81. The van der Waals surface area contributed by atoms with Crippen LogP contribution in [0, 0.1) is 17.0 Å². The van der Waals surface area contributed by atoms with E-state index in [-0.39, 0.29) is 17.5 Å². The highest BCUT2D eigenvalue weighted by atomic mass is 16.6. The quantitative estimate of drug-likeness (QED) is 0.662. The van der Waals surface area contributed by atoms with Gasteiger partial charge in [0.05, 0.1) is 4.92 Å². The molecular formula is C16H18N2O3. The van der Waals surface area contributed by atoms with Crippen LogP contribution in [0.3, 0.4) is 0 Å². The summed E-state index contributed by atoms with van der Waals surface area (Å²) in [5.41, 5.74) is 7.58. The third-order valence-corrected chi connectivity index (χ3v) is 3.36. The summed E-state index contributed by atoms with van der Waals surface area (Å²) in [6.45, 7) is 3.77. The van der Waals surface area contributed by atoms with Crippen LogP contribution in [0.1, 0.15) is 30.5 Å². The fraction of sp³-hybridized carbons (Fsp3) is 0.250. The average Bonchev–Trinajstić information content (AvgIpc) is 2.48. The fourth-order valence-corrected chi connectivity index (χ4v) is 2.12. The molecule has 0 heterocycles. The van der Waals surface area contributed by atoms with Crippen LogP contribution < -0.4 is 10.5 Å². The van der Waals surface area contributed by atoms with Crippen LogP contribution >= 0.6 is 0 Å². The Balaban J connectivity index is 2.46. The van der Waals surface area contributed by atoms with Crippen molar-refractivity contribution in [2.75, 3.05) is 0 Å². The normalized spacial score (nSPS) is 12.0. The molecule has 5 nitrogen and oxygen atoms in total. The molecule has 110 valence electrons. The van der Waals surface area contributed by atoms with E-state index in [1.165, 1.54) is 6.07 Å². The lowest BCUT2D eigenvalue weighted by molar-refractivity contribution is -0.385. The van der Waals surface area contributed by atoms with Gasteiger partial charge in [0, 0.05) is 17.7 Å². The van der Waals surface area contributed by atoms with Crippen LogP contribution in [0.4, 0.5) is 5.69 Å². The summed E-state index contributed by atoms with van der Waals surface area (Å²) in [7, 11) is 0. The molecular weight excluding hydrogens is 268 g/mol. The predicted molar refractivity (Wildman–Crippen MR) is 81.6 cm³/mol. The predicted octanol–water partition coefficient (Wildman–Crippen LogP) is 4.11. The minimum Gasteiger partial charge on any atom is -0.449 e. The van der Waals surface area contributed by atoms with E-state index in [1.807, 2.05) is 25.1 Å². The number of para-hydroxylation sites is 2. The van der Waals surface area contributed by atoms with E-state index in [9.17, 15) is 10.1 Å². The Morgan fingerprint density at radius 2 is 1.95 bits per heavy atom. The van der Waals surface area contributed by atoms with E-state index in [0.29, 0.717) is 11.3 Å². The van der Waals surface area contributed by atoms with Crippen molar-refractivity contribution in [3.63, 3.8) is 0 Å². The van der Waals surface area contributed by atoms with Gasteiger partial charge in [-0.05, 0) is 25.0 Å². The highest BCUT2D eigenvalue weighted by Crippen LogP contribution is 2.37. The second-order valence-corrected chi connectivity index (χ2v) is 4.83. The molecule has 0 amide bonds. The minimum atomic E-state index is -0.440. The molecule has 1 unspecified atom stereocenters. The van der Waals surface area contributed by atoms with Gasteiger partial charge in [-0.2, -0.15) is 0 Å². The van der Waals surface area contributed by atoms with Crippen molar-refractivity contribution in [2.45, 2.75) is 26.3 Å². The molecule has 0 saturated carbocycles. The summed E-state index contributed by atoms with van der Waals surface area (Å²) >= 11 is 0. The van der Waals surface area contributed by atoms with E-state index < -0.39 is 4.92 Å². The van der Waals surface area contributed by atoms with Gasteiger partial charge in [-0.25, -0.2) is 0 Å². The number of aryl methyl sites for hydroxylation is 1. The van der Waals surface area contributed by atoms with Crippen LogP contribution in [0.5, 0.6) is 11.5 Å². The molecule has 0 aromatic heterocycles. The van der Waals surface area contributed by atoms with Crippen molar-refractivity contribution < 1.29 is 9.66 Å². The number of nitrogens with zero attached hydrogens (tertiary/aromatic N) is 1. The standard InChI is InChI=1S/C16H18N2O3/c1-3-13(17)12-8-4-5-10-15(12)21-16-11(2)7-6-9-14(16)18(19)20/h4-10,13H,3,17H2,1-2H3. The van der Waals surface area contributed by atoms with Crippen LogP contribution in [-0.4, -0.2) is 4.92 Å². The van der Waals surface area contributed by atoms with E-state index in [0.717, 1.165) is 12.0 Å².